The molecule has 4 heteroatoms. The van der Waals surface area contributed by atoms with Crippen LogP contribution in [0.2, 0.25) is 0 Å². The second-order valence-electron chi connectivity index (χ2n) is 6.03. The quantitative estimate of drug-likeness (QED) is 0.852. The third kappa shape index (κ3) is 2.87. The second kappa shape index (κ2) is 5.70. The van der Waals surface area contributed by atoms with E-state index in [9.17, 15) is 0 Å². The van der Waals surface area contributed by atoms with E-state index in [1.165, 1.54) is 50.0 Å². The van der Waals surface area contributed by atoms with Crippen molar-refractivity contribution in [3.05, 3.63) is 0 Å². The van der Waals surface area contributed by atoms with Crippen molar-refractivity contribution in [2.24, 2.45) is 0 Å². The van der Waals surface area contributed by atoms with Gasteiger partial charge in [0.1, 0.15) is 0 Å². The van der Waals surface area contributed by atoms with E-state index in [0.717, 1.165) is 6.61 Å². The average Bonchev–Trinajstić information content (AvgIpc) is 2.34. The van der Waals surface area contributed by atoms with Crippen molar-refractivity contribution in [3.63, 3.8) is 0 Å². The molecule has 2 aliphatic heterocycles. The molecule has 2 heterocycles. The van der Waals surface area contributed by atoms with Gasteiger partial charge in [-0.15, -0.1) is 0 Å². The Morgan fingerprint density at radius 3 is 2.72 bits per heavy atom. The van der Waals surface area contributed by atoms with Gasteiger partial charge in [-0.25, -0.2) is 0 Å². The van der Waals surface area contributed by atoms with Crippen molar-refractivity contribution >= 4 is 11.8 Å². The van der Waals surface area contributed by atoms with Gasteiger partial charge in [0.15, 0.2) is 0 Å². The largest absolute Gasteiger partial charge is 0.381 e. The molecule has 2 saturated heterocycles. The zero-order chi connectivity index (χ0) is 12.4. The summed E-state index contributed by atoms with van der Waals surface area (Å²) in [6, 6.07) is 1.36. The van der Waals surface area contributed by atoms with E-state index in [0.29, 0.717) is 18.2 Å². The zero-order valence-electron chi connectivity index (χ0n) is 11.3. The van der Waals surface area contributed by atoms with Crippen LogP contribution in [-0.2, 0) is 9.47 Å². The summed E-state index contributed by atoms with van der Waals surface area (Å²) in [5, 5.41) is 3.82. The molecule has 3 nitrogen and oxygen atoms in total. The summed E-state index contributed by atoms with van der Waals surface area (Å²) >= 11 is 2.08. The summed E-state index contributed by atoms with van der Waals surface area (Å²) < 4.78 is 11.5. The fourth-order valence-corrected chi connectivity index (χ4v) is 4.73. The Morgan fingerprint density at radius 1 is 1.22 bits per heavy atom. The van der Waals surface area contributed by atoms with E-state index in [2.05, 4.69) is 17.1 Å². The number of hydrogen-bond donors (Lipinski definition) is 1. The summed E-state index contributed by atoms with van der Waals surface area (Å²) in [6.45, 7) is 0.947. The number of methoxy groups -OCH3 is 1. The lowest BCUT2D eigenvalue weighted by atomic mass is 9.83. The van der Waals surface area contributed by atoms with Gasteiger partial charge >= 0.3 is 0 Å². The normalized spacial score (nSPS) is 39.5. The first-order valence-electron chi connectivity index (χ1n) is 7.30. The Labute approximate surface area is 114 Å². The van der Waals surface area contributed by atoms with Crippen LogP contribution >= 0.6 is 11.8 Å². The minimum absolute atomic E-state index is 0.214. The summed E-state index contributed by atoms with van der Waals surface area (Å²) in [4.78, 5) is 0. The first-order valence-corrected chi connectivity index (χ1v) is 8.46. The highest BCUT2D eigenvalue weighted by atomic mass is 32.2. The molecule has 0 amide bonds. The predicted molar refractivity (Wildman–Crippen MR) is 75.2 cm³/mol. The highest BCUT2D eigenvalue weighted by Crippen LogP contribution is 2.38. The maximum atomic E-state index is 6.13. The van der Waals surface area contributed by atoms with Crippen LogP contribution in [0.25, 0.3) is 0 Å². The molecule has 0 aromatic rings. The van der Waals surface area contributed by atoms with Gasteiger partial charge in [-0.1, -0.05) is 0 Å². The van der Waals surface area contributed by atoms with Crippen LogP contribution in [0.4, 0.5) is 0 Å². The summed E-state index contributed by atoms with van der Waals surface area (Å²) in [5.41, 5.74) is 0.214. The average molecular weight is 271 g/mol. The molecule has 1 aliphatic carbocycles. The van der Waals surface area contributed by atoms with Crippen LogP contribution in [0, 0.1) is 0 Å². The van der Waals surface area contributed by atoms with Gasteiger partial charge in [0, 0.05) is 25.8 Å². The van der Waals surface area contributed by atoms with Gasteiger partial charge in [0.05, 0.1) is 11.7 Å². The minimum atomic E-state index is 0.214. The number of hydrogen-bond acceptors (Lipinski definition) is 4. The summed E-state index contributed by atoms with van der Waals surface area (Å²) in [5.74, 6) is 2.56. The monoisotopic (exact) mass is 271 g/mol. The van der Waals surface area contributed by atoms with Crippen molar-refractivity contribution in [2.75, 3.05) is 25.2 Å². The maximum Gasteiger partial charge on any atom is 0.0713 e. The van der Waals surface area contributed by atoms with Gasteiger partial charge in [0.2, 0.25) is 0 Å². The molecule has 1 atom stereocenters. The second-order valence-corrected chi connectivity index (χ2v) is 7.25. The van der Waals surface area contributed by atoms with Crippen LogP contribution in [0.3, 0.4) is 0 Å². The van der Waals surface area contributed by atoms with Crippen molar-refractivity contribution in [1.29, 1.82) is 0 Å². The van der Waals surface area contributed by atoms with E-state index in [4.69, 9.17) is 9.47 Å². The molecule has 0 aromatic heterocycles. The van der Waals surface area contributed by atoms with Crippen molar-refractivity contribution < 1.29 is 9.47 Å². The molecular formula is C14H25NO2S. The molecule has 3 aliphatic rings. The molecule has 0 radical (unpaired) electrons. The topological polar surface area (TPSA) is 30.5 Å². The molecule has 3 fully saturated rings. The Morgan fingerprint density at radius 2 is 2.00 bits per heavy atom. The predicted octanol–water partition coefficient (Wildman–Crippen LogP) is 2.20. The van der Waals surface area contributed by atoms with Crippen molar-refractivity contribution in [3.8, 4) is 0 Å². The third-order valence-electron chi connectivity index (χ3n) is 4.80. The molecule has 1 saturated carbocycles. The van der Waals surface area contributed by atoms with Crippen LogP contribution < -0.4 is 5.32 Å². The first kappa shape index (κ1) is 13.2. The van der Waals surface area contributed by atoms with Gasteiger partial charge < -0.3 is 14.8 Å². The minimum Gasteiger partial charge on any atom is -0.381 e. The van der Waals surface area contributed by atoms with Gasteiger partial charge in [0.25, 0.3) is 0 Å². The van der Waals surface area contributed by atoms with Crippen LogP contribution in [0.5, 0.6) is 0 Å². The fourth-order valence-electron chi connectivity index (χ4n) is 3.49. The lowest BCUT2D eigenvalue weighted by molar-refractivity contribution is -0.0974. The molecule has 3 rings (SSSR count). The standard InChI is InChI=1S/C14H25NO2S/c1-16-13-8-12(9-13)15-11-2-5-17-14(10-11)3-6-18-7-4-14/h11-13,15H,2-10H2,1H3. The van der Waals surface area contributed by atoms with Crippen molar-refractivity contribution in [1.82, 2.24) is 5.32 Å². The fraction of sp³-hybridized carbons (Fsp3) is 1.00. The highest BCUT2D eigenvalue weighted by molar-refractivity contribution is 7.99. The summed E-state index contributed by atoms with van der Waals surface area (Å²) in [7, 11) is 1.82. The Hall–Kier alpha value is 0.230. The highest BCUT2D eigenvalue weighted by Gasteiger charge is 2.40. The van der Waals surface area contributed by atoms with Crippen LogP contribution in [0.15, 0.2) is 0 Å². The molecule has 1 N–H and O–H groups in total. The Bertz CT molecular complexity index is 269. The Kier molecular flexibility index (Phi) is 4.18. The van der Waals surface area contributed by atoms with E-state index in [1.807, 2.05) is 7.11 Å². The van der Waals surface area contributed by atoms with Crippen LogP contribution in [0.1, 0.15) is 38.5 Å². The van der Waals surface area contributed by atoms with E-state index >= 15 is 0 Å². The molecular weight excluding hydrogens is 246 g/mol. The van der Waals surface area contributed by atoms with E-state index in [-0.39, 0.29) is 5.60 Å². The van der Waals surface area contributed by atoms with E-state index < -0.39 is 0 Å². The molecule has 1 unspecified atom stereocenters. The lowest BCUT2D eigenvalue weighted by Gasteiger charge is -2.46. The summed E-state index contributed by atoms with van der Waals surface area (Å²) in [6.07, 6.45) is 7.79. The third-order valence-corrected chi connectivity index (χ3v) is 5.78. The number of thioether (sulfide) groups is 1. The van der Waals surface area contributed by atoms with Gasteiger partial charge in [-0.05, 0) is 50.0 Å². The molecule has 104 valence electrons. The molecule has 0 bridgehead atoms. The van der Waals surface area contributed by atoms with E-state index in [1.54, 1.807) is 0 Å². The van der Waals surface area contributed by atoms with Crippen LogP contribution in [-0.4, -0.2) is 49.0 Å². The number of ether oxygens (including phenoxy) is 2. The lowest BCUT2D eigenvalue weighted by Crippen LogP contribution is -2.54. The number of rotatable bonds is 3. The molecule has 0 aromatic carbocycles. The zero-order valence-corrected chi connectivity index (χ0v) is 12.1. The Balaban J connectivity index is 1.48. The molecule has 18 heavy (non-hydrogen) atoms. The SMILES string of the molecule is COC1CC(NC2CCOC3(CCSCC3)C2)C1. The maximum absolute atomic E-state index is 6.13. The smallest absolute Gasteiger partial charge is 0.0713 e. The van der Waals surface area contributed by atoms with Gasteiger partial charge in [-0.3, -0.25) is 0 Å². The van der Waals surface area contributed by atoms with Crippen molar-refractivity contribution in [2.45, 2.75) is 62.3 Å². The first-order chi connectivity index (χ1) is 8.80. The van der Waals surface area contributed by atoms with Gasteiger partial charge in [-0.2, -0.15) is 11.8 Å². The molecule has 1 spiro atoms. The number of nitrogens with one attached hydrogen (secondary N) is 1.